The Bertz CT molecular complexity index is 999. The third-order valence-electron chi connectivity index (χ3n) is 5.63. The Labute approximate surface area is 216 Å². The minimum absolute atomic E-state index is 0.0675. The zero-order valence-electron chi connectivity index (χ0n) is 21.9. The van der Waals surface area contributed by atoms with Crippen LogP contribution < -0.4 is 15.4 Å². The Morgan fingerprint density at radius 2 is 1.86 bits per heavy atom. The van der Waals surface area contributed by atoms with Crippen LogP contribution in [0, 0.1) is 5.92 Å². The van der Waals surface area contributed by atoms with Crippen molar-refractivity contribution < 1.29 is 9.53 Å². The van der Waals surface area contributed by atoms with Crippen molar-refractivity contribution in [2.45, 2.75) is 65.8 Å². The summed E-state index contributed by atoms with van der Waals surface area (Å²) in [7, 11) is 1.58. The molecule has 0 aliphatic heterocycles. The van der Waals surface area contributed by atoms with Crippen molar-refractivity contribution in [2.24, 2.45) is 10.9 Å². The third kappa shape index (κ3) is 10.2. The number of methoxy groups -OCH3 is 1. The number of halogens is 1. The van der Waals surface area contributed by atoms with Crippen LogP contribution in [0.4, 0.5) is 0 Å². The summed E-state index contributed by atoms with van der Waals surface area (Å²) in [5.74, 6) is 1.43. The predicted molar refractivity (Wildman–Crippen MR) is 148 cm³/mol. The van der Waals surface area contributed by atoms with Crippen LogP contribution in [0.15, 0.2) is 65.2 Å². The van der Waals surface area contributed by atoms with Gasteiger partial charge < -0.3 is 15.4 Å². The quantitative estimate of drug-likeness (QED) is 0.199. The van der Waals surface area contributed by atoms with E-state index in [9.17, 15) is 4.79 Å². The molecule has 2 unspecified atom stereocenters. The molecule has 5 nitrogen and oxygen atoms in total. The normalized spacial score (nSPS) is 13.9. The highest BCUT2D eigenvalue weighted by atomic mass is 35.5. The molecule has 0 aromatic heterocycles. The standard InChI is InChI=1S/C29H40ClN3O2/c1-7-9-21(4)16-25(23-12-14-26(30)15-13-23)17-22(5)32-29(31-19-20(2)3)33-28(34)24-10-8-11-27(18-24)35-6/h8,10-16,18,20,22,25H,7,9,17,19H2,1-6H3,(H2,31,32,33,34)/b21-16-. The van der Waals surface area contributed by atoms with Crippen LogP contribution in [0.2, 0.25) is 5.02 Å². The van der Waals surface area contributed by atoms with E-state index in [0.717, 1.165) is 24.3 Å². The zero-order valence-corrected chi connectivity index (χ0v) is 22.7. The Balaban J connectivity index is 2.24. The van der Waals surface area contributed by atoms with E-state index in [-0.39, 0.29) is 17.9 Å². The fourth-order valence-electron chi connectivity index (χ4n) is 3.85. The third-order valence-corrected chi connectivity index (χ3v) is 5.88. The van der Waals surface area contributed by atoms with Gasteiger partial charge in [0.1, 0.15) is 5.75 Å². The molecule has 2 N–H and O–H groups in total. The van der Waals surface area contributed by atoms with Gasteiger partial charge in [0.15, 0.2) is 5.96 Å². The van der Waals surface area contributed by atoms with Crippen molar-refractivity contribution in [3.05, 3.63) is 76.3 Å². The molecule has 0 saturated heterocycles. The highest BCUT2D eigenvalue weighted by Crippen LogP contribution is 2.27. The summed E-state index contributed by atoms with van der Waals surface area (Å²) in [4.78, 5) is 17.3. The largest absolute Gasteiger partial charge is 0.497 e. The average molecular weight is 498 g/mol. The van der Waals surface area contributed by atoms with E-state index in [0.29, 0.717) is 29.7 Å². The van der Waals surface area contributed by atoms with E-state index in [4.69, 9.17) is 16.3 Å². The van der Waals surface area contributed by atoms with Gasteiger partial charge in [-0.15, -0.1) is 0 Å². The van der Waals surface area contributed by atoms with E-state index in [2.05, 4.69) is 68.5 Å². The minimum atomic E-state index is -0.317. The summed E-state index contributed by atoms with van der Waals surface area (Å²) in [6.45, 7) is 11.5. The lowest BCUT2D eigenvalue weighted by Crippen LogP contribution is -2.44. The maximum atomic E-state index is 12.9. The lowest BCUT2D eigenvalue weighted by Gasteiger charge is -2.23. The molecule has 1 amide bonds. The van der Waals surface area contributed by atoms with Gasteiger partial charge >= 0.3 is 0 Å². The first kappa shape index (κ1) is 28.4. The number of guanidine groups is 1. The molecule has 2 rings (SSSR count). The Morgan fingerprint density at radius 1 is 1.14 bits per heavy atom. The van der Waals surface area contributed by atoms with Gasteiger partial charge in [-0.2, -0.15) is 4.99 Å². The monoisotopic (exact) mass is 497 g/mol. The van der Waals surface area contributed by atoms with Gasteiger partial charge in [-0.25, -0.2) is 0 Å². The summed E-state index contributed by atoms with van der Waals surface area (Å²) in [6, 6.07) is 15.2. The van der Waals surface area contributed by atoms with Crippen molar-refractivity contribution in [3.8, 4) is 5.75 Å². The number of rotatable bonds is 11. The number of ether oxygens (including phenoxy) is 1. The first-order valence-corrected chi connectivity index (χ1v) is 12.8. The van der Waals surface area contributed by atoms with Crippen LogP contribution in [-0.4, -0.2) is 31.6 Å². The molecule has 190 valence electrons. The maximum absolute atomic E-state index is 12.9. The summed E-state index contributed by atoms with van der Waals surface area (Å²) in [5, 5.41) is 7.50. The smallest absolute Gasteiger partial charge is 0.280 e. The van der Waals surface area contributed by atoms with Gasteiger partial charge in [-0.1, -0.05) is 68.6 Å². The van der Waals surface area contributed by atoms with Crippen molar-refractivity contribution in [1.82, 2.24) is 10.6 Å². The first-order valence-electron chi connectivity index (χ1n) is 12.4. The van der Waals surface area contributed by atoms with Gasteiger partial charge in [0.05, 0.1) is 7.11 Å². The lowest BCUT2D eigenvalue weighted by atomic mass is 9.90. The van der Waals surface area contributed by atoms with Crippen molar-refractivity contribution in [1.29, 1.82) is 0 Å². The van der Waals surface area contributed by atoms with Crippen LogP contribution in [0.5, 0.6) is 5.75 Å². The highest BCUT2D eigenvalue weighted by molar-refractivity contribution is 6.30. The molecule has 0 radical (unpaired) electrons. The van der Waals surface area contributed by atoms with Crippen LogP contribution in [0.1, 0.15) is 75.7 Å². The summed E-state index contributed by atoms with van der Waals surface area (Å²) < 4.78 is 5.25. The second-order valence-corrected chi connectivity index (χ2v) is 9.91. The Morgan fingerprint density at radius 3 is 2.49 bits per heavy atom. The zero-order chi connectivity index (χ0) is 25.8. The molecule has 2 aromatic carbocycles. The molecule has 0 fully saturated rings. The SMILES string of the molecule is CCC/C(C)=C\C(CC(C)N/C(=N\C(=O)c1cccc(OC)c1)NCC(C)C)c1ccc(Cl)cc1. The number of nitrogens with one attached hydrogen (secondary N) is 2. The number of hydrogen-bond acceptors (Lipinski definition) is 2. The minimum Gasteiger partial charge on any atom is -0.497 e. The number of nitrogens with zero attached hydrogens (tertiary/aromatic N) is 1. The number of carbonyl (C=O) groups excluding carboxylic acids is 1. The van der Waals surface area contributed by atoms with Gasteiger partial charge in [0, 0.05) is 29.1 Å². The van der Waals surface area contributed by atoms with Crippen LogP contribution >= 0.6 is 11.6 Å². The molecular weight excluding hydrogens is 458 g/mol. The fraction of sp³-hybridized carbons (Fsp3) is 0.448. The molecule has 0 heterocycles. The van der Waals surface area contributed by atoms with Crippen LogP contribution in [0.25, 0.3) is 0 Å². The highest BCUT2D eigenvalue weighted by Gasteiger charge is 2.17. The molecular formula is C29H40ClN3O2. The molecule has 2 atom stereocenters. The molecule has 0 saturated carbocycles. The molecule has 0 bridgehead atoms. The van der Waals surface area contributed by atoms with Gasteiger partial charge in [0.25, 0.3) is 5.91 Å². The molecule has 35 heavy (non-hydrogen) atoms. The molecule has 2 aromatic rings. The predicted octanol–water partition coefficient (Wildman–Crippen LogP) is 6.99. The van der Waals surface area contributed by atoms with E-state index in [1.165, 1.54) is 11.1 Å². The molecule has 0 spiro atoms. The molecule has 0 aliphatic carbocycles. The summed E-state index contributed by atoms with van der Waals surface area (Å²) in [6.07, 6.45) is 5.39. The molecule has 0 aliphatic rings. The van der Waals surface area contributed by atoms with Crippen molar-refractivity contribution in [3.63, 3.8) is 0 Å². The number of carbonyl (C=O) groups is 1. The van der Waals surface area contributed by atoms with E-state index >= 15 is 0 Å². The van der Waals surface area contributed by atoms with Gasteiger partial charge in [0.2, 0.25) is 0 Å². The fourth-order valence-corrected chi connectivity index (χ4v) is 3.98. The van der Waals surface area contributed by atoms with E-state index in [1.54, 1.807) is 25.3 Å². The lowest BCUT2D eigenvalue weighted by molar-refractivity contribution is 0.100. The van der Waals surface area contributed by atoms with Gasteiger partial charge in [-0.3, -0.25) is 4.79 Å². The topological polar surface area (TPSA) is 62.7 Å². The van der Waals surface area contributed by atoms with Crippen LogP contribution in [0.3, 0.4) is 0 Å². The maximum Gasteiger partial charge on any atom is 0.280 e. The van der Waals surface area contributed by atoms with Crippen molar-refractivity contribution >= 4 is 23.5 Å². The number of hydrogen-bond donors (Lipinski definition) is 2. The van der Waals surface area contributed by atoms with E-state index in [1.807, 2.05) is 18.2 Å². The summed E-state index contributed by atoms with van der Waals surface area (Å²) in [5.41, 5.74) is 3.08. The van der Waals surface area contributed by atoms with E-state index < -0.39 is 0 Å². The second kappa shape index (κ2) is 14.6. The average Bonchev–Trinajstić information content (AvgIpc) is 2.82. The van der Waals surface area contributed by atoms with Gasteiger partial charge in [-0.05, 0) is 68.5 Å². The molecule has 6 heteroatoms. The second-order valence-electron chi connectivity index (χ2n) is 9.47. The summed E-state index contributed by atoms with van der Waals surface area (Å²) >= 11 is 6.13. The van der Waals surface area contributed by atoms with Crippen molar-refractivity contribution in [2.75, 3.05) is 13.7 Å². The number of benzene rings is 2. The number of aliphatic imine (C=N–C) groups is 1. The number of amides is 1. The first-order chi connectivity index (χ1) is 16.7. The number of allylic oxidation sites excluding steroid dienone is 2. The Kier molecular flexibility index (Phi) is 11.8. The van der Waals surface area contributed by atoms with Crippen LogP contribution in [-0.2, 0) is 0 Å². The Hall–Kier alpha value is -2.79.